The Hall–Kier alpha value is -1.72. The fourth-order valence-corrected chi connectivity index (χ4v) is 1.29. The number of rotatable bonds is 0. The van der Waals surface area contributed by atoms with Crippen LogP contribution in [-0.4, -0.2) is 0 Å². The van der Waals surface area contributed by atoms with E-state index in [2.05, 4.69) is 0 Å². The van der Waals surface area contributed by atoms with Crippen LogP contribution in [0.1, 0.15) is 0 Å². The summed E-state index contributed by atoms with van der Waals surface area (Å²) in [6.45, 7) is 0. The van der Waals surface area contributed by atoms with Crippen LogP contribution in [-0.2, 0) is 0 Å². The molecule has 6 heteroatoms. The zero-order chi connectivity index (χ0) is 12.0. The van der Waals surface area contributed by atoms with Gasteiger partial charge in [0.25, 0.3) is 0 Å². The first kappa shape index (κ1) is 10.8. The summed E-state index contributed by atoms with van der Waals surface area (Å²) in [5.41, 5.74) is 0. The van der Waals surface area contributed by atoms with Gasteiger partial charge in [-0.1, -0.05) is 0 Å². The molecule has 0 N–H and O–H groups in total. The van der Waals surface area contributed by atoms with Crippen LogP contribution in [0.2, 0.25) is 0 Å². The highest BCUT2D eigenvalue weighted by atomic mass is 19.2. The zero-order valence-electron chi connectivity index (χ0n) is 7.35. The van der Waals surface area contributed by atoms with Crippen LogP contribution in [0.3, 0.4) is 0 Å². The van der Waals surface area contributed by atoms with E-state index < -0.39 is 45.7 Å². The second-order valence-electron chi connectivity index (χ2n) is 2.98. The van der Waals surface area contributed by atoms with Crippen molar-refractivity contribution in [1.82, 2.24) is 0 Å². The normalized spacial score (nSPS) is 11.1. The van der Waals surface area contributed by atoms with Crippen LogP contribution in [0.25, 0.3) is 10.8 Å². The van der Waals surface area contributed by atoms with Gasteiger partial charge in [0, 0.05) is 11.5 Å². The summed E-state index contributed by atoms with van der Waals surface area (Å²) in [5.74, 6) is -11.1. The first-order chi connectivity index (χ1) is 7.43. The largest absolute Gasteiger partial charge is 0.204 e. The van der Waals surface area contributed by atoms with E-state index in [4.69, 9.17) is 0 Å². The molecule has 0 fully saturated rings. The van der Waals surface area contributed by atoms with Crippen molar-refractivity contribution in [3.63, 3.8) is 0 Å². The van der Waals surface area contributed by atoms with Gasteiger partial charge in [0.15, 0.2) is 34.9 Å². The summed E-state index contributed by atoms with van der Waals surface area (Å²) < 4.78 is 76.9. The Morgan fingerprint density at radius 1 is 0.750 bits per heavy atom. The number of fused-ring (bicyclic) bond motifs is 1. The third-order valence-electron chi connectivity index (χ3n) is 2.01. The maximum absolute atomic E-state index is 13.1. The summed E-state index contributed by atoms with van der Waals surface area (Å²) in [6, 6.07) is 1.91. The predicted molar refractivity (Wildman–Crippen MR) is 42.5 cm³/mol. The lowest BCUT2D eigenvalue weighted by atomic mass is 10.1. The minimum absolute atomic E-state index is 0.333. The Bertz CT molecular complexity index is 541. The highest BCUT2D eigenvalue weighted by Crippen LogP contribution is 2.27. The van der Waals surface area contributed by atoms with E-state index in [1.165, 1.54) is 0 Å². The molecular formula is C10HF6. The molecule has 0 aliphatic carbocycles. The first-order valence-electron chi connectivity index (χ1n) is 3.96. The van der Waals surface area contributed by atoms with Gasteiger partial charge in [-0.25, -0.2) is 26.3 Å². The lowest BCUT2D eigenvalue weighted by Gasteiger charge is -2.04. The van der Waals surface area contributed by atoms with Crippen LogP contribution in [0.5, 0.6) is 0 Å². The van der Waals surface area contributed by atoms with Gasteiger partial charge in [-0.3, -0.25) is 0 Å². The van der Waals surface area contributed by atoms with E-state index in [1.807, 2.05) is 0 Å². The second-order valence-corrected chi connectivity index (χ2v) is 2.98. The van der Waals surface area contributed by atoms with Crippen molar-refractivity contribution in [3.05, 3.63) is 47.0 Å². The number of hydrogen-bond acceptors (Lipinski definition) is 0. The molecule has 0 bridgehead atoms. The molecular weight excluding hydrogens is 234 g/mol. The van der Waals surface area contributed by atoms with Crippen LogP contribution in [0, 0.1) is 41.0 Å². The fraction of sp³-hybridized carbons (Fsp3) is 0. The molecule has 0 spiro atoms. The number of halogens is 6. The maximum atomic E-state index is 13.1. The summed E-state index contributed by atoms with van der Waals surface area (Å²) in [4.78, 5) is 0. The van der Waals surface area contributed by atoms with Gasteiger partial charge in [0.2, 0.25) is 0 Å². The number of hydrogen-bond donors (Lipinski definition) is 0. The SMILES string of the molecule is Fc1[c]c2cc(F)c(F)c(F)c2c(F)c1F. The number of benzene rings is 2. The molecule has 0 saturated heterocycles. The van der Waals surface area contributed by atoms with Gasteiger partial charge in [-0.15, -0.1) is 0 Å². The van der Waals surface area contributed by atoms with Crippen molar-refractivity contribution < 1.29 is 26.3 Å². The summed E-state index contributed by atoms with van der Waals surface area (Å²) in [6.07, 6.45) is 0. The average molecular weight is 235 g/mol. The minimum Gasteiger partial charge on any atom is -0.204 e. The van der Waals surface area contributed by atoms with Gasteiger partial charge >= 0.3 is 0 Å². The summed E-state index contributed by atoms with van der Waals surface area (Å²) >= 11 is 0. The van der Waals surface area contributed by atoms with E-state index >= 15 is 0 Å². The monoisotopic (exact) mass is 235 g/mol. The molecule has 0 heterocycles. The van der Waals surface area contributed by atoms with Crippen molar-refractivity contribution in [2.75, 3.05) is 0 Å². The smallest absolute Gasteiger partial charge is 0.195 e. The van der Waals surface area contributed by atoms with Crippen molar-refractivity contribution >= 4 is 10.8 Å². The van der Waals surface area contributed by atoms with Crippen LogP contribution < -0.4 is 0 Å². The van der Waals surface area contributed by atoms with Crippen LogP contribution in [0.15, 0.2) is 6.07 Å². The zero-order valence-corrected chi connectivity index (χ0v) is 7.35. The Kier molecular flexibility index (Phi) is 2.29. The maximum Gasteiger partial charge on any atom is 0.195 e. The first-order valence-corrected chi connectivity index (χ1v) is 3.96. The third kappa shape index (κ3) is 1.33. The quantitative estimate of drug-likeness (QED) is 0.484. The molecule has 0 amide bonds. The molecule has 0 aliphatic heterocycles. The highest BCUT2D eigenvalue weighted by molar-refractivity contribution is 5.83. The van der Waals surface area contributed by atoms with Gasteiger partial charge in [0.05, 0.1) is 5.39 Å². The molecule has 2 aromatic rings. The van der Waals surface area contributed by atoms with E-state index in [1.54, 1.807) is 6.07 Å². The van der Waals surface area contributed by atoms with Crippen molar-refractivity contribution in [3.8, 4) is 0 Å². The minimum atomic E-state index is -1.99. The molecule has 2 aromatic carbocycles. The molecule has 2 rings (SSSR count). The Labute approximate surface area is 85.1 Å². The molecule has 16 heavy (non-hydrogen) atoms. The van der Waals surface area contributed by atoms with Crippen LogP contribution in [0.4, 0.5) is 26.3 Å². The van der Waals surface area contributed by atoms with Crippen molar-refractivity contribution in [2.24, 2.45) is 0 Å². The van der Waals surface area contributed by atoms with Gasteiger partial charge in [-0.05, 0) is 6.07 Å². The Balaban J connectivity index is 3.03. The van der Waals surface area contributed by atoms with Gasteiger partial charge in [0.1, 0.15) is 0 Å². The highest BCUT2D eigenvalue weighted by Gasteiger charge is 2.21. The third-order valence-corrected chi connectivity index (χ3v) is 2.01. The standard InChI is InChI=1S/C10HF6/c11-4-1-3-2-5(12)8(14)10(16)6(3)9(15)7(4)13/h1H. The molecule has 0 unspecified atom stereocenters. The van der Waals surface area contributed by atoms with Gasteiger partial charge in [-0.2, -0.15) is 0 Å². The Morgan fingerprint density at radius 2 is 1.31 bits per heavy atom. The summed E-state index contributed by atoms with van der Waals surface area (Å²) in [7, 11) is 0. The lowest BCUT2D eigenvalue weighted by molar-refractivity contribution is 0.436. The van der Waals surface area contributed by atoms with E-state index in [9.17, 15) is 26.3 Å². The Morgan fingerprint density at radius 3 is 1.94 bits per heavy atom. The van der Waals surface area contributed by atoms with Crippen molar-refractivity contribution in [2.45, 2.75) is 0 Å². The predicted octanol–water partition coefficient (Wildman–Crippen LogP) is 3.47. The van der Waals surface area contributed by atoms with Gasteiger partial charge < -0.3 is 0 Å². The molecule has 83 valence electrons. The summed E-state index contributed by atoms with van der Waals surface area (Å²) in [5, 5.41) is -1.88. The van der Waals surface area contributed by atoms with Crippen molar-refractivity contribution in [1.29, 1.82) is 0 Å². The molecule has 0 saturated carbocycles. The molecule has 0 nitrogen and oxygen atoms in total. The molecule has 0 aliphatic rings. The lowest BCUT2D eigenvalue weighted by Crippen LogP contribution is -1.99. The van der Waals surface area contributed by atoms with E-state index in [0.29, 0.717) is 6.07 Å². The average Bonchev–Trinajstić information content (AvgIpc) is 2.23. The fourth-order valence-electron chi connectivity index (χ4n) is 1.29. The van der Waals surface area contributed by atoms with E-state index in [0.717, 1.165) is 0 Å². The molecule has 1 radical (unpaired) electrons. The van der Waals surface area contributed by atoms with Crippen LogP contribution >= 0.6 is 0 Å². The second kappa shape index (κ2) is 3.40. The van der Waals surface area contributed by atoms with E-state index in [-0.39, 0.29) is 0 Å². The molecule has 0 atom stereocenters. The topological polar surface area (TPSA) is 0 Å². The molecule has 0 aromatic heterocycles.